The second-order valence-electron chi connectivity index (χ2n) is 2.83. The summed E-state index contributed by atoms with van der Waals surface area (Å²) in [6, 6.07) is 8.61. The Kier molecular flexibility index (Phi) is 4.15. The molecule has 0 aliphatic carbocycles. The number of benzene rings is 1. The highest BCUT2D eigenvalue weighted by Crippen LogP contribution is 2.12. The molecule has 0 aliphatic rings. The van der Waals surface area contributed by atoms with E-state index in [0.29, 0.717) is 0 Å². The van der Waals surface area contributed by atoms with Crippen LogP contribution in [0.1, 0.15) is 11.6 Å². The maximum absolute atomic E-state index is 10.9. The van der Waals surface area contributed by atoms with Crippen molar-refractivity contribution >= 4 is 23.2 Å². The SMILES string of the molecule is C=CC(=O)OC(=S)C(N)c1ccccc1. The number of carbonyl (C=O) groups is 1. The molecule has 0 radical (unpaired) electrons. The largest absolute Gasteiger partial charge is 0.414 e. The Morgan fingerprint density at radius 3 is 2.60 bits per heavy atom. The first-order chi connectivity index (χ1) is 7.15. The molecule has 4 heteroatoms. The van der Waals surface area contributed by atoms with Crippen LogP contribution < -0.4 is 5.73 Å². The fraction of sp³-hybridized carbons (Fsp3) is 0.0909. The average molecular weight is 221 g/mol. The molecule has 0 bridgehead atoms. The molecule has 1 atom stereocenters. The fourth-order valence-electron chi connectivity index (χ4n) is 1.00. The molecule has 1 aromatic carbocycles. The molecule has 0 aromatic heterocycles. The van der Waals surface area contributed by atoms with Gasteiger partial charge in [-0.2, -0.15) is 0 Å². The number of thiocarbonyl (C=S) groups is 1. The monoisotopic (exact) mass is 221 g/mol. The van der Waals surface area contributed by atoms with Gasteiger partial charge in [-0.1, -0.05) is 36.9 Å². The van der Waals surface area contributed by atoms with E-state index in [1.165, 1.54) is 0 Å². The Morgan fingerprint density at radius 1 is 1.47 bits per heavy atom. The minimum Gasteiger partial charge on any atom is -0.414 e. The standard InChI is InChI=1S/C11H11NO2S/c1-2-9(13)14-11(15)10(12)8-6-4-3-5-7-8/h2-7,10H,1,12H2. The summed E-state index contributed by atoms with van der Waals surface area (Å²) < 4.78 is 4.77. The quantitative estimate of drug-likeness (QED) is 0.480. The van der Waals surface area contributed by atoms with E-state index in [-0.39, 0.29) is 5.05 Å². The number of ether oxygens (including phenoxy) is 1. The Labute approximate surface area is 93.5 Å². The topological polar surface area (TPSA) is 52.3 Å². The summed E-state index contributed by atoms with van der Waals surface area (Å²) in [6.07, 6.45) is 1.05. The number of carbonyl (C=O) groups excluding carboxylic acids is 1. The zero-order chi connectivity index (χ0) is 11.3. The molecule has 0 saturated carbocycles. The molecule has 0 saturated heterocycles. The van der Waals surface area contributed by atoms with Gasteiger partial charge in [0.25, 0.3) is 0 Å². The van der Waals surface area contributed by atoms with Gasteiger partial charge in [-0.25, -0.2) is 4.79 Å². The van der Waals surface area contributed by atoms with Gasteiger partial charge in [0.15, 0.2) is 5.05 Å². The number of rotatable bonds is 3. The first-order valence-electron chi connectivity index (χ1n) is 4.33. The number of hydrogen-bond donors (Lipinski definition) is 1. The summed E-state index contributed by atoms with van der Waals surface area (Å²) in [7, 11) is 0. The van der Waals surface area contributed by atoms with Gasteiger partial charge in [0.2, 0.25) is 0 Å². The van der Waals surface area contributed by atoms with Gasteiger partial charge in [0.05, 0.1) is 6.04 Å². The van der Waals surface area contributed by atoms with Crippen molar-refractivity contribution in [1.82, 2.24) is 0 Å². The van der Waals surface area contributed by atoms with Gasteiger partial charge < -0.3 is 10.5 Å². The lowest BCUT2D eigenvalue weighted by Crippen LogP contribution is -2.23. The molecule has 3 nitrogen and oxygen atoms in total. The summed E-state index contributed by atoms with van der Waals surface area (Å²) in [4.78, 5) is 10.9. The van der Waals surface area contributed by atoms with Crippen molar-refractivity contribution < 1.29 is 9.53 Å². The summed E-state index contributed by atoms with van der Waals surface area (Å²) >= 11 is 4.89. The zero-order valence-electron chi connectivity index (χ0n) is 8.05. The van der Waals surface area contributed by atoms with E-state index in [9.17, 15) is 4.79 Å². The van der Waals surface area contributed by atoms with Crippen molar-refractivity contribution in [3.63, 3.8) is 0 Å². The molecular weight excluding hydrogens is 210 g/mol. The van der Waals surface area contributed by atoms with Gasteiger partial charge in [0.1, 0.15) is 0 Å². The first kappa shape index (κ1) is 11.6. The van der Waals surface area contributed by atoms with Crippen LogP contribution in [0.3, 0.4) is 0 Å². The lowest BCUT2D eigenvalue weighted by molar-refractivity contribution is -0.130. The van der Waals surface area contributed by atoms with E-state index in [1.54, 1.807) is 0 Å². The minimum absolute atomic E-state index is 0.0473. The Morgan fingerprint density at radius 2 is 2.07 bits per heavy atom. The summed E-state index contributed by atoms with van der Waals surface area (Å²) in [5.74, 6) is -0.591. The van der Waals surface area contributed by atoms with Crippen LogP contribution in [0.25, 0.3) is 0 Å². The molecule has 1 aromatic rings. The zero-order valence-corrected chi connectivity index (χ0v) is 8.87. The average Bonchev–Trinajstić information content (AvgIpc) is 2.29. The van der Waals surface area contributed by atoms with Crippen LogP contribution in [-0.2, 0) is 9.53 Å². The lowest BCUT2D eigenvalue weighted by Gasteiger charge is -2.12. The fourth-order valence-corrected chi connectivity index (χ4v) is 1.22. The van der Waals surface area contributed by atoms with E-state index in [4.69, 9.17) is 22.7 Å². The maximum Gasteiger partial charge on any atom is 0.336 e. The van der Waals surface area contributed by atoms with Crippen LogP contribution >= 0.6 is 12.2 Å². The molecule has 1 rings (SSSR count). The van der Waals surface area contributed by atoms with Gasteiger partial charge in [-0.05, 0) is 17.8 Å². The second-order valence-corrected chi connectivity index (χ2v) is 3.23. The molecule has 15 heavy (non-hydrogen) atoms. The van der Waals surface area contributed by atoms with Crippen molar-refractivity contribution in [3.05, 3.63) is 48.6 Å². The summed E-state index contributed by atoms with van der Waals surface area (Å²) in [5, 5.41) is 0.0473. The van der Waals surface area contributed by atoms with E-state index in [2.05, 4.69) is 6.58 Å². The Hall–Kier alpha value is -1.52. The molecule has 78 valence electrons. The normalized spacial score (nSPS) is 11.5. The van der Waals surface area contributed by atoms with Gasteiger partial charge >= 0.3 is 5.97 Å². The highest BCUT2D eigenvalue weighted by Gasteiger charge is 2.14. The van der Waals surface area contributed by atoms with Crippen LogP contribution in [-0.4, -0.2) is 11.0 Å². The molecule has 0 spiro atoms. The van der Waals surface area contributed by atoms with E-state index in [0.717, 1.165) is 11.6 Å². The third-order valence-electron chi connectivity index (χ3n) is 1.78. The third kappa shape index (κ3) is 3.27. The van der Waals surface area contributed by atoms with Crippen LogP contribution in [0.15, 0.2) is 43.0 Å². The first-order valence-corrected chi connectivity index (χ1v) is 4.74. The third-order valence-corrected chi connectivity index (χ3v) is 2.12. The molecule has 1 unspecified atom stereocenters. The van der Waals surface area contributed by atoms with E-state index in [1.807, 2.05) is 30.3 Å². The van der Waals surface area contributed by atoms with E-state index >= 15 is 0 Å². The lowest BCUT2D eigenvalue weighted by atomic mass is 10.1. The van der Waals surface area contributed by atoms with Crippen LogP contribution in [0.5, 0.6) is 0 Å². The molecule has 0 heterocycles. The highest BCUT2D eigenvalue weighted by atomic mass is 32.1. The number of nitrogens with two attached hydrogens (primary N) is 1. The van der Waals surface area contributed by atoms with E-state index < -0.39 is 12.0 Å². The maximum atomic E-state index is 10.9. The summed E-state index contributed by atoms with van der Waals surface area (Å²) in [5.41, 5.74) is 6.59. The molecular formula is C11H11NO2S. The summed E-state index contributed by atoms with van der Waals surface area (Å²) in [6.45, 7) is 3.27. The van der Waals surface area contributed by atoms with Crippen LogP contribution in [0, 0.1) is 0 Å². The predicted molar refractivity (Wildman–Crippen MR) is 62.3 cm³/mol. The molecule has 2 N–H and O–H groups in total. The van der Waals surface area contributed by atoms with Crippen LogP contribution in [0.2, 0.25) is 0 Å². The van der Waals surface area contributed by atoms with Crippen molar-refractivity contribution in [2.45, 2.75) is 6.04 Å². The Bertz CT molecular complexity index is 375. The minimum atomic E-state index is -0.591. The van der Waals surface area contributed by atoms with Crippen molar-refractivity contribution in [3.8, 4) is 0 Å². The smallest absolute Gasteiger partial charge is 0.336 e. The van der Waals surface area contributed by atoms with Crippen LogP contribution in [0.4, 0.5) is 0 Å². The predicted octanol–water partition coefficient (Wildman–Crippen LogP) is 1.74. The van der Waals surface area contributed by atoms with Crippen molar-refractivity contribution in [1.29, 1.82) is 0 Å². The number of esters is 1. The molecule has 0 aliphatic heterocycles. The van der Waals surface area contributed by atoms with Crippen molar-refractivity contribution in [2.75, 3.05) is 0 Å². The van der Waals surface area contributed by atoms with Gasteiger partial charge in [0, 0.05) is 6.08 Å². The van der Waals surface area contributed by atoms with Crippen molar-refractivity contribution in [2.24, 2.45) is 5.73 Å². The second kappa shape index (κ2) is 5.38. The molecule has 0 fully saturated rings. The Balaban J connectivity index is 2.69. The van der Waals surface area contributed by atoms with Gasteiger partial charge in [-0.3, -0.25) is 0 Å². The molecule has 0 amide bonds. The highest BCUT2D eigenvalue weighted by molar-refractivity contribution is 7.80. The number of hydrogen-bond acceptors (Lipinski definition) is 4. The van der Waals surface area contributed by atoms with Gasteiger partial charge in [-0.15, -0.1) is 0 Å².